The van der Waals surface area contributed by atoms with Gasteiger partial charge in [0, 0.05) is 25.3 Å². The summed E-state index contributed by atoms with van der Waals surface area (Å²) in [6.45, 7) is 5.90. The molecule has 2 fully saturated rings. The van der Waals surface area contributed by atoms with Gasteiger partial charge in [-0.25, -0.2) is 26.5 Å². The Kier molecular flexibility index (Phi) is 9.34. The van der Waals surface area contributed by atoms with Gasteiger partial charge < -0.3 is 20.7 Å². The molecular weight excluding hydrogens is 530 g/mol. The fourth-order valence-electron chi connectivity index (χ4n) is 5.03. The van der Waals surface area contributed by atoms with Gasteiger partial charge in [-0.15, -0.1) is 0 Å². The number of hydrogen-bond donors (Lipinski definition) is 2. The van der Waals surface area contributed by atoms with Crippen LogP contribution in [0.5, 0.6) is 5.75 Å². The minimum atomic E-state index is -3.33. The number of methoxy groups -OCH3 is 1. The number of aromatic nitrogens is 2. The molecule has 0 atom stereocenters. The first-order valence-electron chi connectivity index (χ1n) is 13.2. The molecule has 0 amide bonds. The SMILES string of the molecule is COc1ccc(F)c(F)c1C(=O)c1cnc(NC2CCN(S(=O)(=O)CCCN3CCC(C)CC3)CC2)nc1N. The molecule has 0 spiro atoms. The second kappa shape index (κ2) is 12.5. The summed E-state index contributed by atoms with van der Waals surface area (Å²) in [6.07, 6.45) is 5.22. The maximum absolute atomic E-state index is 14.4. The minimum absolute atomic E-state index is 0.0894. The molecule has 0 radical (unpaired) electrons. The number of nitrogens with zero attached hydrogens (tertiary/aromatic N) is 4. The van der Waals surface area contributed by atoms with Crippen LogP contribution in [-0.2, 0) is 10.0 Å². The molecule has 2 aliphatic rings. The predicted molar refractivity (Wildman–Crippen MR) is 144 cm³/mol. The summed E-state index contributed by atoms with van der Waals surface area (Å²) < 4.78 is 60.4. The molecule has 0 saturated carbocycles. The summed E-state index contributed by atoms with van der Waals surface area (Å²) in [7, 11) is -2.09. The number of piperidine rings is 2. The number of nitrogen functional groups attached to an aromatic ring is 1. The van der Waals surface area contributed by atoms with Crippen LogP contribution in [0.2, 0.25) is 0 Å². The molecule has 0 bridgehead atoms. The number of carbonyl (C=O) groups is 1. The van der Waals surface area contributed by atoms with E-state index in [1.807, 2.05) is 0 Å². The average molecular weight is 567 g/mol. The molecule has 0 aliphatic carbocycles. The number of carbonyl (C=O) groups excluding carboxylic acids is 1. The van der Waals surface area contributed by atoms with E-state index in [0.717, 1.165) is 43.9 Å². The highest BCUT2D eigenvalue weighted by Gasteiger charge is 2.29. The van der Waals surface area contributed by atoms with Crippen LogP contribution in [0.3, 0.4) is 0 Å². The topological polar surface area (TPSA) is 131 Å². The zero-order valence-electron chi connectivity index (χ0n) is 22.3. The van der Waals surface area contributed by atoms with Gasteiger partial charge in [-0.2, -0.15) is 4.98 Å². The van der Waals surface area contributed by atoms with Crippen molar-refractivity contribution >= 4 is 27.6 Å². The van der Waals surface area contributed by atoms with Gasteiger partial charge >= 0.3 is 0 Å². The van der Waals surface area contributed by atoms with E-state index in [9.17, 15) is 22.0 Å². The Balaban J connectivity index is 1.30. The van der Waals surface area contributed by atoms with Gasteiger partial charge in [0.25, 0.3) is 0 Å². The van der Waals surface area contributed by atoms with E-state index >= 15 is 0 Å². The molecule has 0 unspecified atom stereocenters. The van der Waals surface area contributed by atoms with Crippen LogP contribution in [-0.4, -0.2) is 85.0 Å². The lowest BCUT2D eigenvalue weighted by molar-refractivity contribution is 0.103. The summed E-state index contributed by atoms with van der Waals surface area (Å²) >= 11 is 0. The molecule has 4 rings (SSSR count). The molecule has 10 nitrogen and oxygen atoms in total. The van der Waals surface area contributed by atoms with E-state index in [0.29, 0.717) is 32.4 Å². The lowest BCUT2D eigenvalue weighted by Crippen LogP contribution is -2.44. The molecule has 13 heteroatoms. The Morgan fingerprint density at radius 3 is 2.49 bits per heavy atom. The fourth-order valence-corrected chi connectivity index (χ4v) is 6.55. The first-order chi connectivity index (χ1) is 18.6. The molecule has 1 aromatic heterocycles. The zero-order valence-corrected chi connectivity index (χ0v) is 23.1. The summed E-state index contributed by atoms with van der Waals surface area (Å²) in [6, 6.07) is 1.93. The van der Waals surface area contributed by atoms with Crippen molar-refractivity contribution in [3.05, 3.63) is 41.1 Å². The van der Waals surface area contributed by atoms with Crippen molar-refractivity contribution < 1.29 is 26.7 Å². The number of anilines is 2. The molecule has 1 aromatic carbocycles. The van der Waals surface area contributed by atoms with Crippen LogP contribution < -0.4 is 15.8 Å². The van der Waals surface area contributed by atoms with Gasteiger partial charge in [-0.1, -0.05) is 6.92 Å². The number of hydrogen-bond acceptors (Lipinski definition) is 9. The number of ketones is 1. The van der Waals surface area contributed by atoms with Crippen LogP contribution in [0.15, 0.2) is 18.3 Å². The molecule has 39 heavy (non-hydrogen) atoms. The predicted octanol–water partition coefficient (Wildman–Crippen LogP) is 2.90. The Bertz CT molecular complexity index is 1280. The Morgan fingerprint density at radius 1 is 1.15 bits per heavy atom. The van der Waals surface area contributed by atoms with Gasteiger partial charge in [0.1, 0.15) is 17.1 Å². The van der Waals surface area contributed by atoms with E-state index in [2.05, 4.69) is 27.1 Å². The first kappa shape index (κ1) is 29.1. The monoisotopic (exact) mass is 566 g/mol. The molecule has 214 valence electrons. The van der Waals surface area contributed by atoms with Crippen molar-refractivity contribution in [3.63, 3.8) is 0 Å². The second-order valence-electron chi connectivity index (χ2n) is 10.3. The average Bonchev–Trinajstić information content (AvgIpc) is 2.91. The van der Waals surface area contributed by atoms with E-state index in [1.165, 1.54) is 20.0 Å². The van der Waals surface area contributed by atoms with Gasteiger partial charge in [0.2, 0.25) is 21.8 Å². The number of nitrogens with two attached hydrogens (primary N) is 1. The van der Waals surface area contributed by atoms with Gasteiger partial charge in [0.05, 0.1) is 18.4 Å². The highest BCUT2D eigenvalue weighted by molar-refractivity contribution is 7.89. The highest BCUT2D eigenvalue weighted by atomic mass is 32.2. The summed E-state index contributed by atoms with van der Waals surface area (Å²) in [5, 5.41) is 3.13. The van der Waals surface area contributed by atoms with Crippen LogP contribution in [0, 0.1) is 17.6 Å². The smallest absolute Gasteiger partial charge is 0.224 e. The minimum Gasteiger partial charge on any atom is -0.496 e. The standard InChI is InChI=1S/C26H36F2N6O4S/c1-17-6-11-33(12-7-17)10-3-15-39(36,37)34-13-8-18(9-14-34)31-26-30-16-19(25(29)32-26)24(35)22-21(38-2)5-4-20(27)23(22)28/h4-5,16-18H,3,6-15H2,1-2H3,(H3,29,30,31,32). The number of likely N-dealkylation sites (tertiary alicyclic amines) is 1. The lowest BCUT2D eigenvalue weighted by Gasteiger charge is -2.32. The van der Waals surface area contributed by atoms with E-state index in [-0.39, 0.29) is 34.9 Å². The van der Waals surface area contributed by atoms with Crippen molar-refractivity contribution in [2.24, 2.45) is 5.92 Å². The lowest BCUT2D eigenvalue weighted by atomic mass is 9.99. The number of nitrogens with one attached hydrogen (secondary N) is 1. The van der Waals surface area contributed by atoms with Crippen LogP contribution >= 0.6 is 0 Å². The van der Waals surface area contributed by atoms with Crippen molar-refractivity contribution in [2.75, 3.05) is 56.6 Å². The van der Waals surface area contributed by atoms with Crippen LogP contribution in [0.4, 0.5) is 20.5 Å². The Labute approximate surface area is 228 Å². The molecular formula is C26H36F2N6O4S. The third-order valence-corrected chi connectivity index (χ3v) is 9.46. The number of benzene rings is 1. The number of halogens is 2. The first-order valence-corrected chi connectivity index (χ1v) is 14.9. The normalized spacial score (nSPS) is 18.3. The van der Waals surface area contributed by atoms with Crippen molar-refractivity contribution in [1.29, 1.82) is 0 Å². The summed E-state index contributed by atoms with van der Waals surface area (Å²) in [5.41, 5.74) is 5.19. The largest absolute Gasteiger partial charge is 0.496 e. The van der Waals surface area contributed by atoms with Crippen molar-refractivity contribution in [3.8, 4) is 5.75 Å². The van der Waals surface area contributed by atoms with E-state index in [1.54, 1.807) is 4.31 Å². The molecule has 3 N–H and O–H groups in total. The maximum Gasteiger partial charge on any atom is 0.224 e. The van der Waals surface area contributed by atoms with Crippen molar-refractivity contribution in [2.45, 2.75) is 45.1 Å². The van der Waals surface area contributed by atoms with Crippen LogP contribution in [0.1, 0.15) is 54.9 Å². The quantitative estimate of drug-likeness (QED) is 0.417. The second-order valence-corrected chi connectivity index (χ2v) is 12.4. The number of ether oxygens (including phenoxy) is 1. The van der Waals surface area contributed by atoms with Gasteiger partial charge in [0.15, 0.2) is 11.6 Å². The maximum atomic E-state index is 14.4. The molecule has 2 aromatic rings. The molecule has 3 heterocycles. The van der Waals surface area contributed by atoms with E-state index < -0.39 is 33.0 Å². The Hall–Kier alpha value is -2.90. The molecule has 2 aliphatic heterocycles. The summed E-state index contributed by atoms with van der Waals surface area (Å²) in [5.74, 6) is -2.73. The zero-order chi connectivity index (χ0) is 28.2. The van der Waals surface area contributed by atoms with E-state index in [4.69, 9.17) is 10.5 Å². The van der Waals surface area contributed by atoms with Crippen molar-refractivity contribution in [1.82, 2.24) is 19.2 Å². The number of rotatable bonds is 10. The number of sulfonamides is 1. The van der Waals surface area contributed by atoms with Gasteiger partial charge in [-0.3, -0.25) is 4.79 Å². The fraction of sp³-hybridized carbons (Fsp3) is 0.577. The highest BCUT2D eigenvalue weighted by Crippen LogP contribution is 2.28. The third-order valence-electron chi connectivity index (χ3n) is 7.50. The van der Waals surface area contributed by atoms with Crippen LogP contribution in [0.25, 0.3) is 0 Å². The Morgan fingerprint density at radius 2 is 1.85 bits per heavy atom. The van der Waals surface area contributed by atoms with Gasteiger partial charge in [-0.05, 0) is 69.8 Å². The third kappa shape index (κ3) is 7.00. The molecule has 2 saturated heterocycles. The summed E-state index contributed by atoms with van der Waals surface area (Å²) in [4.78, 5) is 23.5.